The minimum absolute atomic E-state index is 0.829. The molecule has 1 fully saturated rings. The Balaban J connectivity index is 1.92. The van der Waals surface area contributed by atoms with Gasteiger partial charge < -0.3 is 5.32 Å². The molecule has 1 aliphatic heterocycles. The van der Waals surface area contributed by atoms with Gasteiger partial charge in [0.1, 0.15) is 0 Å². The SMILES string of the molecule is Cc1ccc2cc(CC3CNC3)ccc2n1. The van der Waals surface area contributed by atoms with Crippen molar-refractivity contribution in [2.75, 3.05) is 13.1 Å². The lowest BCUT2D eigenvalue weighted by atomic mass is 9.94. The van der Waals surface area contributed by atoms with Gasteiger partial charge in [-0.05, 0) is 56.1 Å². The molecule has 0 aliphatic carbocycles. The number of pyridine rings is 1. The molecule has 0 radical (unpaired) electrons. The summed E-state index contributed by atoms with van der Waals surface area (Å²) in [5.74, 6) is 0.829. The summed E-state index contributed by atoms with van der Waals surface area (Å²) in [5.41, 5.74) is 3.63. The second-order valence-corrected chi connectivity index (χ2v) is 4.71. The van der Waals surface area contributed by atoms with E-state index in [1.165, 1.54) is 30.5 Å². The number of aromatic nitrogens is 1. The van der Waals surface area contributed by atoms with Gasteiger partial charge in [-0.3, -0.25) is 4.98 Å². The molecule has 0 unspecified atom stereocenters. The van der Waals surface area contributed by atoms with Gasteiger partial charge in [0, 0.05) is 11.1 Å². The molecule has 1 aliphatic rings. The van der Waals surface area contributed by atoms with E-state index in [4.69, 9.17) is 0 Å². The van der Waals surface area contributed by atoms with Crippen LogP contribution in [0.15, 0.2) is 30.3 Å². The van der Waals surface area contributed by atoms with Crippen LogP contribution in [0.2, 0.25) is 0 Å². The summed E-state index contributed by atoms with van der Waals surface area (Å²) in [7, 11) is 0. The summed E-state index contributed by atoms with van der Waals surface area (Å²) in [6.45, 7) is 4.38. The Morgan fingerprint density at radius 3 is 2.88 bits per heavy atom. The van der Waals surface area contributed by atoms with Crippen molar-refractivity contribution in [2.45, 2.75) is 13.3 Å². The molecule has 0 amide bonds. The molecule has 0 bridgehead atoms. The zero-order valence-corrected chi connectivity index (χ0v) is 9.53. The minimum atomic E-state index is 0.829. The highest BCUT2D eigenvalue weighted by Gasteiger charge is 2.16. The lowest BCUT2D eigenvalue weighted by Crippen LogP contribution is -2.43. The van der Waals surface area contributed by atoms with E-state index in [1.807, 2.05) is 6.92 Å². The van der Waals surface area contributed by atoms with Crippen LogP contribution >= 0.6 is 0 Å². The Hall–Kier alpha value is -1.41. The Kier molecular flexibility index (Phi) is 2.37. The Morgan fingerprint density at radius 1 is 1.25 bits per heavy atom. The van der Waals surface area contributed by atoms with E-state index in [-0.39, 0.29) is 0 Å². The Labute approximate surface area is 95.7 Å². The van der Waals surface area contributed by atoms with Gasteiger partial charge in [0.05, 0.1) is 5.52 Å². The van der Waals surface area contributed by atoms with Crippen LogP contribution in [0.5, 0.6) is 0 Å². The smallest absolute Gasteiger partial charge is 0.0705 e. The predicted octanol–water partition coefficient (Wildman–Crippen LogP) is 2.31. The van der Waals surface area contributed by atoms with Gasteiger partial charge in [0.25, 0.3) is 0 Å². The third-order valence-electron chi connectivity index (χ3n) is 3.28. The highest BCUT2D eigenvalue weighted by atomic mass is 14.9. The van der Waals surface area contributed by atoms with Crippen LogP contribution in [-0.2, 0) is 6.42 Å². The van der Waals surface area contributed by atoms with Crippen molar-refractivity contribution in [3.05, 3.63) is 41.6 Å². The highest BCUT2D eigenvalue weighted by molar-refractivity contribution is 5.79. The van der Waals surface area contributed by atoms with Crippen LogP contribution in [0.4, 0.5) is 0 Å². The van der Waals surface area contributed by atoms with Gasteiger partial charge in [0.2, 0.25) is 0 Å². The fourth-order valence-corrected chi connectivity index (χ4v) is 2.23. The lowest BCUT2D eigenvalue weighted by Gasteiger charge is -2.27. The summed E-state index contributed by atoms with van der Waals surface area (Å²) in [6, 6.07) is 10.9. The zero-order valence-electron chi connectivity index (χ0n) is 9.53. The number of aryl methyl sites for hydroxylation is 1. The molecule has 0 saturated carbocycles. The van der Waals surface area contributed by atoms with Gasteiger partial charge in [-0.1, -0.05) is 12.1 Å². The van der Waals surface area contributed by atoms with Gasteiger partial charge in [-0.15, -0.1) is 0 Å². The summed E-state index contributed by atoms with van der Waals surface area (Å²) >= 11 is 0. The number of hydrogen-bond acceptors (Lipinski definition) is 2. The summed E-state index contributed by atoms with van der Waals surface area (Å²) < 4.78 is 0. The van der Waals surface area contributed by atoms with Gasteiger partial charge in [-0.2, -0.15) is 0 Å². The molecular formula is C14H16N2. The van der Waals surface area contributed by atoms with Gasteiger partial charge >= 0.3 is 0 Å². The molecule has 0 spiro atoms. The van der Waals surface area contributed by atoms with Crippen LogP contribution in [0, 0.1) is 12.8 Å². The van der Waals surface area contributed by atoms with Crippen molar-refractivity contribution in [2.24, 2.45) is 5.92 Å². The third kappa shape index (κ3) is 1.81. The van der Waals surface area contributed by atoms with E-state index in [9.17, 15) is 0 Å². The lowest BCUT2D eigenvalue weighted by molar-refractivity contribution is 0.346. The third-order valence-corrected chi connectivity index (χ3v) is 3.28. The standard InChI is InChI=1S/C14H16N2/c1-10-2-4-13-7-11(3-5-14(13)16-10)6-12-8-15-9-12/h2-5,7,12,15H,6,8-9H2,1H3. The molecule has 2 aromatic rings. The van der Waals surface area contributed by atoms with E-state index in [0.29, 0.717) is 0 Å². The summed E-state index contributed by atoms with van der Waals surface area (Å²) in [6.07, 6.45) is 1.19. The molecule has 3 rings (SSSR count). The van der Waals surface area contributed by atoms with Crippen molar-refractivity contribution >= 4 is 10.9 Å². The van der Waals surface area contributed by atoms with E-state index in [2.05, 4.69) is 40.6 Å². The van der Waals surface area contributed by atoms with E-state index >= 15 is 0 Å². The van der Waals surface area contributed by atoms with Crippen molar-refractivity contribution < 1.29 is 0 Å². The molecule has 1 aromatic heterocycles. The molecule has 1 saturated heterocycles. The monoisotopic (exact) mass is 212 g/mol. The molecule has 16 heavy (non-hydrogen) atoms. The first-order chi connectivity index (χ1) is 7.81. The van der Waals surface area contributed by atoms with Crippen molar-refractivity contribution in [1.82, 2.24) is 10.3 Å². The van der Waals surface area contributed by atoms with Crippen molar-refractivity contribution in [3.8, 4) is 0 Å². The van der Waals surface area contributed by atoms with E-state index < -0.39 is 0 Å². The van der Waals surface area contributed by atoms with E-state index in [1.54, 1.807) is 0 Å². The first-order valence-electron chi connectivity index (χ1n) is 5.88. The summed E-state index contributed by atoms with van der Waals surface area (Å²) in [4.78, 5) is 4.52. The number of fused-ring (bicyclic) bond motifs is 1. The normalized spacial score (nSPS) is 16.3. The number of rotatable bonds is 2. The predicted molar refractivity (Wildman–Crippen MR) is 66.5 cm³/mol. The quantitative estimate of drug-likeness (QED) is 0.826. The fraction of sp³-hybridized carbons (Fsp3) is 0.357. The number of nitrogens with zero attached hydrogens (tertiary/aromatic N) is 1. The number of benzene rings is 1. The van der Waals surface area contributed by atoms with Crippen molar-refractivity contribution in [3.63, 3.8) is 0 Å². The molecule has 0 atom stereocenters. The second kappa shape index (κ2) is 3.87. The van der Waals surface area contributed by atoms with Crippen LogP contribution in [-0.4, -0.2) is 18.1 Å². The first-order valence-corrected chi connectivity index (χ1v) is 5.88. The van der Waals surface area contributed by atoms with Crippen molar-refractivity contribution in [1.29, 1.82) is 0 Å². The number of nitrogens with one attached hydrogen (secondary N) is 1. The van der Waals surface area contributed by atoms with Crippen LogP contribution in [0.25, 0.3) is 10.9 Å². The van der Waals surface area contributed by atoms with Gasteiger partial charge in [0.15, 0.2) is 0 Å². The topological polar surface area (TPSA) is 24.9 Å². The number of hydrogen-bond donors (Lipinski definition) is 1. The molecular weight excluding hydrogens is 196 g/mol. The average Bonchev–Trinajstić information content (AvgIpc) is 2.23. The average molecular weight is 212 g/mol. The van der Waals surface area contributed by atoms with Crippen LogP contribution in [0.3, 0.4) is 0 Å². The largest absolute Gasteiger partial charge is 0.316 e. The maximum absolute atomic E-state index is 4.52. The Bertz CT molecular complexity index is 515. The molecule has 2 heteroatoms. The first kappa shape index (κ1) is 9.79. The van der Waals surface area contributed by atoms with Crippen LogP contribution in [0.1, 0.15) is 11.3 Å². The molecule has 2 heterocycles. The molecule has 82 valence electrons. The highest BCUT2D eigenvalue weighted by Crippen LogP contribution is 2.18. The molecule has 1 aromatic carbocycles. The van der Waals surface area contributed by atoms with Gasteiger partial charge in [-0.25, -0.2) is 0 Å². The Morgan fingerprint density at radius 2 is 2.12 bits per heavy atom. The van der Waals surface area contributed by atoms with Crippen LogP contribution < -0.4 is 5.32 Å². The second-order valence-electron chi connectivity index (χ2n) is 4.71. The maximum atomic E-state index is 4.52. The van der Waals surface area contributed by atoms with E-state index in [0.717, 1.165) is 17.1 Å². The minimum Gasteiger partial charge on any atom is -0.316 e. The summed E-state index contributed by atoms with van der Waals surface area (Å²) in [5, 5.41) is 4.57. The maximum Gasteiger partial charge on any atom is 0.0705 e. The molecule has 1 N–H and O–H groups in total. The fourth-order valence-electron chi connectivity index (χ4n) is 2.23. The molecule has 2 nitrogen and oxygen atoms in total. The zero-order chi connectivity index (χ0) is 11.0.